The molecule has 37 heavy (non-hydrogen) atoms. The molecule has 0 N–H and O–H groups in total. The number of thioether (sulfide) groups is 1. The zero-order valence-corrected chi connectivity index (χ0v) is 21.4. The van der Waals surface area contributed by atoms with Gasteiger partial charge in [0.25, 0.3) is 16.8 Å². The average molecular weight is 561 g/mol. The number of nitro groups is 1. The normalized spacial score (nSPS) is 14.8. The summed E-state index contributed by atoms with van der Waals surface area (Å²) < 4.78 is 35.9. The third-order valence-electron chi connectivity index (χ3n) is 5.18. The Labute approximate surface area is 220 Å². The summed E-state index contributed by atoms with van der Waals surface area (Å²) in [7, 11) is -3.29. The minimum Gasteiger partial charge on any atom is -0.493 e. The van der Waals surface area contributed by atoms with Crippen molar-refractivity contribution in [2.24, 2.45) is 0 Å². The number of ether oxygens (including phenoxy) is 1. The summed E-state index contributed by atoms with van der Waals surface area (Å²) in [5.41, 5.74) is 0.414. The Bertz CT molecular complexity index is 1560. The summed E-state index contributed by atoms with van der Waals surface area (Å²) in [5.74, 6) is -0.732. The molecule has 3 aromatic carbocycles. The number of halogens is 1. The average Bonchev–Trinajstić information content (AvgIpc) is 3.13. The molecular formula is C24H17ClN2O8S2. The lowest BCUT2D eigenvalue weighted by atomic mass is 10.1. The SMILES string of the molecule is COc1cc(/C=C2\SC(=O)N(Cc3ccccc3Cl)C2=O)ccc1OS(=O)(=O)c1ccccc1[N+](=O)[O-]. The van der Waals surface area contributed by atoms with E-state index in [4.69, 9.17) is 20.5 Å². The topological polar surface area (TPSA) is 133 Å². The van der Waals surface area contributed by atoms with Crippen LogP contribution in [0.1, 0.15) is 11.1 Å². The lowest BCUT2D eigenvalue weighted by Crippen LogP contribution is -2.27. The molecule has 10 nitrogen and oxygen atoms in total. The highest BCUT2D eigenvalue weighted by molar-refractivity contribution is 8.18. The zero-order chi connectivity index (χ0) is 26.7. The maximum atomic E-state index is 12.9. The summed E-state index contributed by atoms with van der Waals surface area (Å²) in [6.45, 7) is 0.0151. The van der Waals surface area contributed by atoms with E-state index in [0.29, 0.717) is 16.1 Å². The van der Waals surface area contributed by atoms with Gasteiger partial charge in [0.15, 0.2) is 16.4 Å². The van der Waals surface area contributed by atoms with Crippen molar-refractivity contribution < 1.29 is 31.9 Å². The fourth-order valence-electron chi connectivity index (χ4n) is 3.41. The van der Waals surface area contributed by atoms with E-state index in [1.165, 1.54) is 43.5 Å². The van der Waals surface area contributed by atoms with Crippen molar-refractivity contribution in [3.05, 3.63) is 97.9 Å². The van der Waals surface area contributed by atoms with Gasteiger partial charge in [-0.25, -0.2) is 0 Å². The van der Waals surface area contributed by atoms with Crippen LogP contribution in [-0.4, -0.2) is 36.5 Å². The maximum absolute atomic E-state index is 12.9. The summed E-state index contributed by atoms with van der Waals surface area (Å²) in [4.78, 5) is 36.4. The van der Waals surface area contributed by atoms with Crippen LogP contribution in [0.3, 0.4) is 0 Å². The molecule has 0 atom stereocenters. The highest BCUT2D eigenvalue weighted by Crippen LogP contribution is 2.37. The monoisotopic (exact) mass is 560 g/mol. The molecule has 0 unspecified atom stereocenters. The molecule has 0 spiro atoms. The predicted octanol–water partition coefficient (Wildman–Crippen LogP) is 5.26. The number of carbonyl (C=O) groups is 2. The van der Waals surface area contributed by atoms with Crippen molar-refractivity contribution in [1.29, 1.82) is 0 Å². The van der Waals surface area contributed by atoms with Gasteiger partial charge in [0, 0.05) is 11.1 Å². The standard InChI is InChI=1S/C24H17ClN2O8S2/c1-34-20-12-15(10-11-19(20)35-37(32,33)22-9-5-4-8-18(22)27(30)31)13-21-23(28)26(24(29)36-21)14-16-6-2-3-7-17(16)25/h2-13H,14H2,1H3/b21-13-. The fourth-order valence-corrected chi connectivity index (χ4v) is 5.55. The van der Waals surface area contributed by atoms with Crippen molar-refractivity contribution in [3.63, 3.8) is 0 Å². The highest BCUT2D eigenvalue weighted by Gasteiger charge is 2.35. The predicted molar refractivity (Wildman–Crippen MR) is 137 cm³/mol. The molecule has 0 bridgehead atoms. The van der Waals surface area contributed by atoms with E-state index >= 15 is 0 Å². The van der Waals surface area contributed by atoms with Crippen LogP contribution < -0.4 is 8.92 Å². The van der Waals surface area contributed by atoms with Crippen LogP contribution >= 0.6 is 23.4 Å². The van der Waals surface area contributed by atoms with E-state index < -0.39 is 36.8 Å². The number of hydrogen-bond acceptors (Lipinski definition) is 9. The van der Waals surface area contributed by atoms with Crippen LogP contribution in [0.2, 0.25) is 5.02 Å². The number of nitro benzene ring substituents is 1. The van der Waals surface area contributed by atoms with Crippen LogP contribution in [0.15, 0.2) is 76.5 Å². The van der Waals surface area contributed by atoms with Crippen LogP contribution in [0.4, 0.5) is 10.5 Å². The molecule has 0 aromatic heterocycles. The first kappa shape index (κ1) is 26.2. The minimum atomic E-state index is -4.57. The molecule has 0 radical (unpaired) electrons. The van der Waals surface area contributed by atoms with Gasteiger partial charge in [-0.15, -0.1) is 0 Å². The van der Waals surface area contributed by atoms with E-state index in [1.807, 2.05) is 0 Å². The molecule has 1 saturated heterocycles. The van der Waals surface area contributed by atoms with Crippen LogP contribution in [0.5, 0.6) is 11.5 Å². The molecule has 1 heterocycles. The first-order chi connectivity index (χ1) is 17.6. The van der Waals surface area contributed by atoms with Crippen molar-refractivity contribution in [2.75, 3.05) is 7.11 Å². The van der Waals surface area contributed by atoms with Gasteiger partial charge in [-0.05, 0) is 53.2 Å². The van der Waals surface area contributed by atoms with E-state index in [-0.39, 0.29) is 22.9 Å². The second kappa shape index (κ2) is 10.6. The van der Waals surface area contributed by atoms with Crippen LogP contribution in [-0.2, 0) is 21.5 Å². The second-order valence-corrected chi connectivity index (χ2v) is 10.4. The Morgan fingerprint density at radius 2 is 1.76 bits per heavy atom. The smallest absolute Gasteiger partial charge is 0.346 e. The van der Waals surface area contributed by atoms with Gasteiger partial charge in [-0.3, -0.25) is 24.6 Å². The number of methoxy groups -OCH3 is 1. The Hall–Kier alpha value is -3.87. The van der Waals surface area contributed by atoms with Crippen molar-refractivity contribution in [1.82, 2.24) is 4.90 Å². The number of carbonyl (C=O) groups excluding carboxylic acids is 2. The van der Waals surface area contributed by atoms with Crippen molar-refractivity contribution >= 4 is 56.4 Å². The highest BCUT2D eigenvalue weighted by atomic mass is 35.5. The molecule has 190 valence electrons. The Morgan fingerprint density at radius 1 is 1.05 bits per heavy atom. The molecule has 0 aliphatic carbocycles. The zero-order valence-electron chi connectivity index (χ0n) is 19.0. The molecule has 1 aliphatic rings. The van der Waals surface area contributed by atoms with E-state index in [1.54, 1.807) is 24.3 Å². The third kappa shape index (κ3) is 5.61. The van der Waals surface area contributed by atoms with E-state index in [2.05, 4.69) is 0 Å². The van der Waals surface area contributed by atoms with E-state index in [9.17, 15) is 28.1 Å². The number of benzene rings is 3. The van der Waals surface area contributed by atoms with Gasteiger partial charge >= 0.3 is 10.1 Å². The summed E-state index contributed by atoms with van der Waals surface area (Å²) in [5, 5.41) is 11.2. The Balaban J connectivity index is 1.58. The van der Waals surface area contributed by atoms with Gasteiger partial charge in [-0.1, -0.05) is 48.0 Å². The molecule has 13 heteroatoms. The molecule has 3 aromatic rings. The number of amides is 2. The van der Waals surface area contributed by atoms with Gasteiger partial charge in [-0.2, -0.15) is 8.42 Å². The van der Waals surface area contributed by atoms with Crippen molar-refractivity contribution in [3.8, 4) is 11.5 Å². The summed E-state index contributed by atoms with van der Waals surface area (Å²) in [6, 6.07) is 15.8. The van der Waals surface area contributed by atoms with Gasteiger partial charge in [0.1, 0.15) is 0 Å². The molecule has 4 rings (SSSR count). The maximum Gasteiger partial charge on any atom is 0.346 e. The first-order valence-electron chi connectivity index (χ1n) is 10.5. The van der Waals surface area contributed by atoms with Crippen molar-refractivity contribution in [2.45, 2.75) is 11.4 Å². The summed E-state index contributed by atoms with van der Waals surface area (Å²) >= 11 is 6.90. The van der Waals surface area contributed by atoms with Gasteiger partial charge < -0.3 is 8.92 Å². The number of rotatable bonds is 8. The van der Waals surface area contributed by atoms with E-state index in [0.717, 1.165) is 28.8 Å². The number of imide groups is 1. The number of para-hydroxylation sites is 1. The minimum absolute atomic E-state index is 0.00814. The lowest BCUT2D eigenvalue weighted by molar-refractivity contribution is -0.387. The molecule has 1 fully saturated rings. The van der Waals surface area contributed by atoms with Crippen LogP contribution in [0.25, 0.3) is 6.08 Å². The third-order valence-corrected chi connectivity index (χ3v) is 7.74. The Morgan fingerprint density at radius 3 is 2.46 bits per heavy atom. The molecule has 0 saturated carbocycles. The quantitative estimate of drug-likeness (QED) is 0.156. The second-order valence-electron chi connectivity index (χ2n) is 7.53. The summed E-state index contributed by atoms with van der Waals surface area (Å²) in [6.07, 6.45) is 1.46. The lowest BCUT2D eigenvalue weighted by Gasteiger charge is -2.13. The molecule has 2 amide bonds. The largest absolute Gasteiger partial charge is 0.493 e. The number of nitrogens with zero attached hydrogens (tertiary/aromatic N) is 2. The molecular weight excluding hydrogens is 544 g/mol. The fraction of sp³-hybridized carbons (Fsp3) is 0.0833. The van der Waals surface area contributed by atoms with Crippen LogP contribution in [0, 0.1) is 10.1 Å². The number of hydrogen-bond donors (Lipinski definition) is 0. The van der Waals surface area contributed by atoms with Gasteiger partial charge in [0.2, 0.25) is 0 Å². The Kier molecular flexibility index (Phi) is 7.52. The van der Waals surface area contributed by atoms with Gasteiger partial charge in [0.05, 0.1) is 23.5 Å². The molecule has 1 aliphatic heterocycles. The first-order valence-corrected chi connectivity index (χ1v) is 13.1.